The molecule has 0 N–H and O–H groups in total. The third-order valence-electron chi connectivity index (χ3n) is 2.03. The predicted octanol–water partition coefficient (Wildman–Crippen LogP) is 2.10. The molecule has 17 heavy (non-hydrogen) atoms. The van der Waals surface area contributed by atoms with E-state index in [1.165, 1.54) is 10.7 Å². The largest absolute Gasteiger partial charge is 0.462 e. The van der Waals surface area contributed by atoms with Crippen molar-refractivity contribution in [3.05, 3.63) is 41.3 Å². The zero-order valence-electron chi connectivity index (χ0n) is 9.13. The molecule has 2 aromatic rings. The molecule has 0 aliphatic rings. The quantitative estimate of drug-likeness (QED) is 0.619. The lowest BCUT2D eigenvalue weighted by Gasteiger charge is -2.05. The van der Waals surface area contributed by atoms with Crippen LogP contribution in [-0.4, -0.2) is 27.3 Å². The van der Waals surface area contributed by atoms with Crippen molar-refractivity contribution in [1.82, 2.24) is 14.8 Å². The summed E-state index contributed by atoms with van der Waals surface area (Å²) in [4.78, 5) is 15.7. The van der Waals surface area contributed by atoms with Crippen LogP contribution in [0.3, 0.4) is 0 Å². The standard InChI is InChI=1S/C11H10ClN3O2/c1-2-17-11(16)8-6-9(12)14-10(7-8)15-5-3-4-13-15/h3-7H,2H2,1H3. The number of esters is 1. The van der Waals surface area contributed by atoms with Gasteiger partial charge in [-0.15, -0.1) is 0 Å². The topological polar surface area (TPSA) is 57.0 Å². The Morgan fingerprint density at radius 1 is 1.53 bits per heavy atom. The maximum Gasteiger partial charge on any atom is 0.338 e. The summed E-state index contributed by atoms with van der Waals surface area (Å²) in [6.45, 7) is 2.06. The Labute approximate surface area is 103 Å². The van der Waals surface area contributed by atoms with Crippen molar-refractivity contribution in [1.29, 1.82) is 0 Å². The summed E-state index contributed by atoms with van der Waals surface area (Å²) < 4.78 is 6.42. The molecule has 0 aromatic carbocycles. The SMILES string of the molecule is CCOC(=O)c1cc(Cl)nc(-n2cccn2)c1. The Morgan fingerprint density at radius 3 is 3.00 bits per heavy atom. The molecule has 0 bridgehead atoms. The summed E-state index contributed by atoms with van der Waals surface area (Å²) in [7, 11) is 0. The minimum atomic E-state index is -0.426. The van der Waals surface area contributed by atoms with E-state index < -0.39 is 5.97 Å². The summed E-state index contributed by atoms with van der Waals surface area (Å²) >= 11 is 5.85. The Morgan fingerprint density at radius 2 is 2.35 bits per heavy atom. The number of ether oxygens (including phenoxy) is 1. The van der Waals surface area contributed by atoms with Gasteiger partial charge in [0.25, 0.3) is 0 Å². The van der Waals surface area contributed by atoms with Gasteiger partial charge in [-0.3, -0.25) is 0 Å². The molecule has 88 valence electrons. The smallest absolute Gasteiger partial charge is 0.338 e. The number of aromatic nitrogens is 3. The van der Waals surface area contributed by atoms with Crippen molar-refractivity contribution in [3.63, 3.8) is 0 Å². The fourth-order valence-electron chi connectivity index (χ4n) is 1.34. The van der Waals surface area contributed by atoms with Gasteiger partial charge in [0.1, 0.15) is 5.15 Å². The first-order valence-corrected chi connectivity index (χ1v) is 5.43. The zero-order chi connectivity index (χ0) is 12.3. The molecular formula is C11H10ClN3O2. The molecule has 2 rings (SSSR count). The molecule has 0 radical (unpaired) electrons. The first-order chi connectivity index (χ1) is 8.20. The zero-order valence-corrected chi connectivity index (χ0v) is 9.89. The van der Waals surface area contributed by atoms with Crippen LogP contribution < -0.4 is 0 Å². The van der Waals surface area contributed by atoms with Gasteiger partial charge < -0.3 is 4.74 Å². The van der Waals surface area contributed by atoms with Gasteiger partial charge in [0, 0.05) is 12.4 Å². The summed E-state index contributed by atoms with van der Waals surface area (Å²) in [5, 5.41) is 4.24. The lowest BCUT2D eigenvalue weighted by Crippen LogP contribution is -2.07. The Hall–Kier alpha value is -1.88. The number of hydrogen-bond donors (Lipinski definition) is 0. The highest BCUT2D eigenvalue weighted by atomic mass is 35.5. The van der Waals surface area contributed by atoms with E-state index in [1.807, 2.05) is 0 Å². The summed E-state index contributed by atoms with van der Waals surface area (Å²) in [5.41, 5.74) is 0.359. The second kappa shape index (κ2) is 4.97. The number of pyridine rings is 1. The minimum absolute atomic E-state index is 0.223. The number of halogens is 1. The van der Waals surface area contributed by atoms with Gasteiger partial charge >= 0.3 is 5.97 Å². The van der Waals surface area contributed by atoms with Crippen LogP contribution in [0.15, 0.2) is 30.6 Å². The first kappa shape index (κ1) is 11.6. The summed E-state index contributed by atoms with van der Waals surface area (Å²) in [5.74, 6) is 0.0516. The summed E-state index contributed by atoms with van der Waals surface area (Å²) in [6.07, 6.45) is 3.33. The highest BCUT2D eigenvalue weighted by Gasteiger charge is 2.11. The van der Waals surface area contributed by atoms with Gasteiger partial charge in [-0.25, -0.2) is 14.5 Å². The fourth-order valence-corrected chi connectivity index (χ4v) is 1.54. The molecule has 0 spiro atoms. The minimum Gasteiger partial charge on any atom is -0.462 e. The second-order valence-corrected chi connectivity index (χ2v) is 3.60. The molecule has 0 unspecified atom stereocenters. The number of rotatable bonds is 3. The maximum absolute atomic E-state index is 11.6. The lowest BCUT2D eigenvalue weighted by molar-refractivity contribution is 0.0526. The molecule has 6 heteroatoms. The second-order valence-electron chi connectivity index (χ2n) is 3.21. The van der Waals surface area contributed by atoms with Crippen LogP contribution in [-0.2, 0) is 4.74 Å². The van der Waals surface area contributed by atoms with Crippen molar-refractivity contribution in [2.24, 2.45) is 0 Å². The third kappa shape index (κ3) is 2.62. The fraction of sp³-hybridized carbons (Fsp3) is 0.182. The third-order valence-corrected chi connectivity index (χ3v) is 2.22. The molecule has 2 heterocycles. The highest BCUT2D eigenvalue weighted by Crippen LogP contribution is 2.14. The number of nitrogens with zero attached hydrogens (tertiary/aromatic N) is 3. The molecule has 5 nitrogen and oxygen atoms in total. The van der Waals surface area contributed by atoms with Crippen molar-refractivity contribution >= 4 is 17.6 Å². The van der Waals surface area contributed by atoms with Gasteiger partial charge in [-0.05, 0) is 25.1 Å². The van der Waals surface area contributed by atoms with Gasteiger partial charge in [-0.2, -0.15) is 5.10 Å². The monoisotopic (exact) mass is 251 g/mol. The number of hydrogen-bond acceptors (Lipinski definition) is 4. The van der Waals surface area contributed by atoms with E-state index in [4.69, 9.17) is 16.3 Å². The van der Waals surface area contributed by atoms with E-state index in [2.05, 4.69) is 10.1 Å². The van der Waals surface area contributed by atoms with Crippen molar-refractivity contribution in [2.45, 2.75) is 6.92 Å². The number of carbonyl (C=O) groups excluding carboxylic acids is 1. The average molecular weight is 252 g/mol. The van der Waals surface area contributed by atoms with Crippen LogP contribution in [0, 0.1) is 0 Å². The van der Waals surface area contributed by atoms with E-state index in [9.17, 15) is 4.79 Å². The Kier molecular flexibility index (Phi) is 3.39. The molecule has 0 atom stereocenters. The van der Waals surface area contributed by atoms with E-state index in [0.717, 1.165) is 0 Å². The van der Waals surface area contributed by atoms with E-state index in [0.29, 0.717) is 18.0 Å². The molecule has 0 saturated carbocycles. The normalized spacial score (nSPS) is 10.2. The van der Waals surface area contributed by atoms with E-state index in [-0.39, 0.29) is 5.15 Å². The maximum atomic E-state index is 11.6. The van der Waals surface area contributed by atoms with E-state index >= 15 is 0 Å². The molecule has 0 fully saturated rings. The Bertz CT molecular complexity index is 526. The molecule has 0 amide bonds. The Balaban J connectivity index is 2.39. The van der Waals surface area contributed by atoms with Crippen LogP contribution in [0.2, 0.25) is 5.15 Å². The van der Waals surface area contributed by atoms with Gasteiger partial charge in [-0.1, -0.05) is 11.6 Å². The van der Waals surface area contributed by atoms with Crippen molar-refractivity contribution < 1.29 is 9.53 Å². The molecule has 0 aliphatic carbocycles. The van der Waals surface area contributed by atoms with Crippen molar-refractivity contribution in [3.8, 4) is 5.82 Å². The van der Waals surface area contributed by atoms with Crippen LogP contribution in [0.5, 0.6) is 0 Å². The van der Waals surface area contributed by atoms with Crippen molar-refractivity contribution in [2.75, 3.05) is 6.61 Å². The lowest BCUT2D eigenvalue weighted by atomic mass is 10.2. The molecule has 0 aliphatic heterocycles. The summed E-state index contributed by atoms with van der Waals surface area (Å²) in [6, 6.07) is 4.80. The van der Waals surface area contributed by atoms with E-state index in [1.54, 1.807) is 31.5 Å². The predicted molar refractivity (Wildman–Crippen MR) is 62.3 cm³/mol. The van der Waals surface area contributed by atoms with Crippen LogP contribution in [0.25, 0.3) is 5.82 Å². The van der Waals surface area contributed by atoms with Gasteiger partial charge in [0.15, 0.2) is 5.82 Å². The van der Waals surface area contributed by atoms with Crippen LogP contribution in [0.4, 0.5) is 0 Å². The average Bonchev–Trinajstić information content (AvgIpc) is 2.82. The van der Waals surface area contributed by atoms with Gasteiger partial charge in [0.05, 0.1) is 12.2 Å². The van der Waals surface area contributed by atoms with Crippen LogP contribution in [0.1, 0.15) is 17.3 Å². The molecule has 2 aromatic heterocycles. The first-order valence-electron chi connectivity index (χ1n) is 5.05. The molecular weight excluding hydrogens is 242 g/mol. The highest BCUT2D eigenvalue weighted by molar-refractivity contribution is 6.29. The number of carbonyl (C=O) groups is 1. The molecule has 0 saturated heterocycles. The van der Waals surface area contributed by atoms with Crippen LogP contribution >= 0.6 is 11.6 Å². The van der Waals surface area contributed by atoms with Gasteiger partial charge in [0.2, 0.25) is 0 Å².